The largest absolute Gasteiger partial charge is 0.489 e. The van der Waals surface area contributed by atoms with Crippen molar-refractivity contribution >= 4 is 5.96 Å². The lowest BCUT2D eigenvalue weighted by atomic mass is 10.2. The van der Waals surface area contributed by atoms with Gasteiger partial charge in [0.2, 0.25) is 0 Å². The number of benzene rings is 2. The van der Waals surface area contributed by atoms with E-state index in [4.69, 9.17) is 9.47 Å². The first-order valence-electron chi connectivity index (χ1n) is 8.43. The van der Waals surface area contributed by atoms with Crippen LogP contribution in [0.15, 0.2) is 59.6 Å². The van der Waals surface area contributed by atoms with Crippen LogP contribution in [0, 0.1) is 0 Å². The molecule has 0 saturated carbocycles. The van der Waals surface area contributed by atoms with Gasteiger partial charge in [0.1, 0.15) is 12.4 Å². The summed E-state index contributed by atoms with van der Waals surface area (Å²) in [6.45, 7) is 3.95. The van der Waals surface area contributed by atoms with Gasteiger partial charge in [-0.05, 0) is 30.2 Å². The van der Waals surface area contributed by atoms with E-state index in [2.05, 4.69) is 46.8 Å². The minimum Gasteiger partial charge on any atom is -0.489 e. The van der Waals surface area contributed by atoms with Gasteiger partial charge in [0, 0.05) is 26.7 Å². The van der Waals surface area contributed by atoms with E-state index < -0.39 is 0 Å². The van der Waals surface area contributed by atoms with Crippen LogP contribution in [0.3, 0.4) is 0 Å². The number of methoxy groups -OCH3 is 1. The van der Waals surface area contributed by atoms with Crippen LogP contribution in [0.2, 0.25) is 0 Å². The van der Waals surface area contributed by atoms with Crippen LogP contribution in [-0.2, 0) is 17.9 Å². The summed E-state index contributed by atoms with van der Waals surface area (Å²) in [5.74, 6) is 1.62. The molecular weight excluding hydrogens is 314 g/mol. The lowest BCUT2D eigenvalue weighted by molar-refractivity contribution is 0.179. The normalized spacial score (nSPS) is 12.5. The Morgan fingerprint density at radius 2 is 1.76 bits per heavy atom. The molecule has 0 heterocycles. The zero-order chi connectivity index (χ0) is 17.9. The van der Waals surface area contributed by atoms with Crippen molar-refractivity contribution in [2.24, 2.45) is 4.99 Å². The third-order valence-electron chi connectivity index (χ3n) is 3.66. The van der Waals surface area contributed by atoms with Gasteiger partial charge in [0.15, 0.2) is 5.96 Å². The minimum atomic E-state index is 0.199. The number of nitrogens with zero attached hydrogens (tertiary/aromatic N) is 1. The van der Waals surface area contributed by atoms with Gasteiger partial charge >= 0.3 is 0 Å². The van der Waals surface area contributed by atoms with Crippen LogP contribution in [0.1, 0.15) is 18.1 Å². The Kier molecular flexibility index (Phi) is 7.79. The fraction of sp³-hybridized carbons (Fsp3) is 0.350. The highest BCUT2D eigenvalue weighted by Gasteiger charge is 2.04. The average Bonchev–Trinajstić information content (AvgIpc) is 2.65. The summed E-state index contributed by atoms with van der Waals surface area (Å²) < 4.78 is 10.9. The van der Waals surface area contributed by atoms with Crippen LogP contribution in [-0.4, -0.2) is 32.8 Å². The number of rotatable bonds is 8. The summed E-state index contributed by atoms with van der Waals surface area (Å²) in [6, 6.07) is 18.4. The summed E-state index contributed by atoms with van der Waals surface area (Å²) in [7, 11) is 3.45. The van der Waals surface area contributed by atoms with Gasteiger partial charge in [-0.1, -0.05) is 42.5 Å². The van der Waals surface area contributed by atoms with Crippen molar-refractivity contribution in [1.29, 1.82) is 0 Å². The molecule has 0 aliphatic heterocycles. The summed E-state index contributed by atoms with van der Waals surface area (Å²) in [5, 5.41) is 6.57. The fourth-order valence-corrected chi connectivity index (χ4v) is 2.35. The van der Waals surface area contributed by atoms with Crippen molar-refractivity contribution in [2.75, 3.05) is 20.8 Å². The molecule has 2 N–H and O–H groups in total. The molecule has 0 aliphatic rings. The van der Waals surface area contributed by atoms with E-state index in [0.29, 0.717) is 19.8 Å². The topological polar surface area (TPSA) is 54.9 Å². The molecule has 2 aromatic rings. The highest BCUT2D eigenvalue weighted by Crippen LogP contribution is 2.14. The Labute approximate surface area is 150 Å². The molecular formula is C20H27N3O2. The number of guanidine groups is 1. The molecule has 5 nitrogen and oxygen atoms in total. The zero-order valence-corrected chi connectivity index (χ0v) is 15.2. The smallest absolute Gasteiger partial charge is 0.191 e. The van der Waals surface area contributed by atoms with Crippen molar-refractivity contribution in [2.45, 2.75) is 26.1 Å². The molecule has 2 rings (SSSR count). The van der Waals surface area contributed by atoms with E-state index in [9.17, 15) is 0 Å². The molecule has 0 amide bonds. The van der Waals surface area contributed by atoms with E-state index in [1.54, 1.807) is 14.2 Å². The maximum atomic E-state index is 5.80. The van der Waals surface area contributed by atoms with Crippen LogP contribution >= 0.6 is 0 Å². The summed E-state index contributed by atoms with van der Waals surface area (Å²) in [6.07, 6.45) is 0. The van der Waals surface area contributed by atoms with E-state index in [0.717, 1.165) is 22.8 Å². The highest BCUT2D eigenvalue weighted by molar-refractivity contribution is 5.79. The van der Waals surface area contributed by atoms with Crippen molar-refractivity contribution in [3.63, 3.8) is 0 Å². The third-order valence-corrected chi connectivity index (χ3v) is 3.66. The average molecular weight is 341 g/mol. The standard InChI is InChI=1S/C20H27N3O2/c1-16(14-24-3)23-20(21-2)22-13-17-9-11-19(12-10-17)25-15-18-7-5-4-6-8-18/h4-12,16H,13-15H2,1-3H3,(H2,21,22,23). The van der Waals surface area contributed by atoms with E-state index in [1.165, 1.54) is 0 Å². The second-order valence-corrected chi connectivity index (χ2v) is 5.84. The first-order valence-corrected chi connectivity index (χ1v) is 8.43. The maximum absolute atomic E-state index is 5.80. The van der Waals surface area contributed by atoms with E-state index in [1.807, 2.05) is 30.3 Å². The molecule has 0 saturated heterocycles. The van der Waals surface area contributed by atoms with Gasteiger partial charge in [0.05, 0.1) is 6.61 Å². The first-order chi connectivity index (χ1) is 12.2. The molecule has 0 fully saturated rings. The monoisotopic (exact) mass is 341 g/mol. The van der Waals surface area contributed by atoms with Gasteiger partial charge in [0.25, 0.3) is 0 Å². The quantitative estimate of drug-likeness (QED) is 0.572. The Bertz CT molecular complexity index is 642. The molecule has 1 atom stereocenters. The van der Waals surface area contributed by atoms with E-state index >= 15 is 0 Å². The fourth-order valence-electron chi connectivity index (χ4n) is 2.35. The summed E-state index contributed by atoms with van der Waals surface area (Å²) in [5.41, 5.74) is 2.32. The highest BCUT2D eigenvalue weighted by atomic mass is 16.5. The van der Waals surface area contributed by atoms with Gasteiger partial charge in [-0.15, -0.1) is 0 Å². The lowest BCUT2D eigenvalue weighted by Gasteiger charge is -2.17. The van der Waals surface area contributed by atoms with Crippen LogP contribution in [0.4, 0.5) is 0 Å². The minimum absolute atomic E-state index is 0.199. The van der Waals surface area contributed by atoms with E-state index in [-0.39, 0.29) is 6.04 Å². The SMILES string of the molecule is CN=C(NCc1ccc(OCc2ccccc2)cc1)NC(C)COC. The van der Waals surface area contributed by atoms with Gasteiger partial charge in [-0.3, -0.25) is 4.99 Å². The van der Waals surface area contributed by atoms with Crippen molar-refractivity contribution in [1.82, 2.24) is 10.6 Å². The van der Waals surface area contributed by atoms with Gasteiger partial charge in [-0.2, -0.15) is 0 Å². The molecule has 0 radical (unpaired) electrons. The molecule has 134 valence electrons. The van der Waals surface area contributed by atoms with Crippen LogP contribution < -0.4 is 15.4 Å². The Hall–Kier alpha value is -2.53. The number of nitrogens with one attached hydrogen (secondary N) is 2. The number of hydrogen-bond donors (Lipinski definition) is 2. The second kappa shape index (κ2) is 10.4. The van der Waals surface area contributed by atoms with Crippen molar-refractivity contribution in [3.05, 3.63) is 65.7 Å². The molecule has 2 aromatic carbocycles. The zero-order valence-electron chi connectivity index (χ0n) is 15.2. The van der Waals surface area contributed by atoms with Crippen molar-refractivity contribution in [3.8, 4) is 5.75 Å². The molecule has 1 unspecified atom stereocenters. The molecule has 0 spiro atoms. The first kappa shape index (κ1) is 18.8. The Morgan fingerprint density at radius 1 is 1.04 bits per heavy atom. The number of hydrogen-bond acceptors (Lipinski definition) is 3. The third kappa shape index (κ3) is 6.85. The van der Waals surface area contributed by atoms with Crippen LogP contribution in [0.25, 0.3) is 0 Å². The predicted octanol–water partition coefficient (Wildman–Crippen LogP) is 2.97. The number of ether oxygens (including phenoxy) is 2. The Balaban J connectivity index is 1.79. The molecule has 0 aliphatic carbocycles. The molecule has 0 bridgehead atoms. The summed E-state index contributed by atoms with van der Waals surface area (Å²) in [4.78, 5) is 4.22. The van der Waals surface area contributed by atoms with Crippen molar-refractivity contribution < 1.29 is 9.47 Å². The van der Waals surface area contributed by atoms with Gasteiger partial charge in [-0.25, -0.2) is 0 Å². The summed E-state index contributed by atoms with van der Waals surface area (Å²) >= 11 is 0. The van der Waals surface area contributed by atoms with Crippen LogP contribution in [0.5, 0.6) is 5.75 Å². The predicted molar refractivity (Wildman–Crippen MR) is 102 cm³/mol. The maximum Gasteiger partial charge on any atom is 0.191 e. The number of aliphatic imine (C=N–C) groups is 1. The Morgan fingerprint density at radius 3 is 2.40 bits per heavy atom. The molecule has 5 heteroatoms. The molecule has 25 heavy (non-hydrogen) atoms. The lowest BCUT2D eigenvalue weighted by Crippen LogP contribution is -2.43. The molecule has 0 aromatic heterocycles. The second-order valence-electron chi connectivity index (χ2n) is 5.84. The van der Waals surface area contributed by atoms with Gasteiger partial charge < -0.3 is 20.1 Å².